The van der Waals surface area contributed by atoms with Crippen LogP contribution in [-0.4, -0.2) is 39.2 Å². The minimum atomic E-state index is -0.234. The smallest absolute Gasteiger partial charge is 0.194 e. The molecule has 0 amide bonds. The van der Waals surface area contributed by atoms with E-state index in [1.165, 1.54) is 12.1 Å². The molecule has 1 N–H and O–H groups in total. The van der Waals surface area contributed by atoms with E-state index in [1.807, 2.05) is 53.8 Å². The third-order valence-electron chi connectivity index (χ3n) is 4.05. The molecule has 0 saturated heterocycles. The van der Waals surface area contributed by atoms with Crippen LogP contribution in [-0.2, 0) is 13.1 Å². The zero-order chi connectivity index (χ0) is 19.1. The molecule has 1 heterocycles. The van der Waals surface area contributed by atoms with E-state index in [2.05, 4.69) is 20.5 Å². The number of benzene rings is 2. The van der Waals surface area contributed by atoms with Crippen LogP contribution in [0.4, 0.5) is 4.39 Å². The zero-order valence-electron chi connectivity index (χ0n) is 15.5. The lowest BCUT2D eigenvalue weighted by molar-refractivity contribution is 0.475. The van der Waals surface area contributed by atoms with Crippen molar-refractivity contribution in [1.29, 1.82) is 0 Å². The number of nitrogens with one attached hydrogen (secondary N) is 1. The van der Waals surface area contributed by atoms with Gasteiger partial charge in [-0.25, -0.2) is 9.38 Å². The molecule has 0 unspecified atom stereocenters. The highest BCUT2D eigenvalue weighted by molar-refractivity contribution is 5.79. The Morgan fingerprint density at radius 1 is 1.15 bits per heavy atom. The van der Waals surface area contributed by atoms with Crippen molar-refractivity contribution in [2.75, 3.05) is 13.6 Å². The Labute approximate surface area is 158 Å². The summed E-state index contributed by atoms with van der Waals surface area (Å²) in [7, 11) is 1.95. The van der Waals surface area contributed by atoms with Crippen molar-refractivity contribution in [3.8, 4) is 5.69 Å². The fourth-order valence-electron chi connectivity index (χ4n) is 2.72. The fourth-order valence-corrected chi connectivity index (χ4v) is 2.72. The number of aromatic nitrogens is 3. The number of guanidine groups is 1. The van der Waals surface area contributed by atoms with Gasteiger partial charge in [-0.3, -0.25) is 4.57 Å². The molecule has 140 valence electrons. The summed E-state index contributed by atoms with van der Waals surface area (Å²) in [6.07, 6.45) is 1.69. The molecule has 0 atom stereocenters. The summed E-state index contributed by atoms with van der Waals surface area (Å²) in [5, 5.41) is 11.5. The molecule has 0 spiro atoms. The molecule has 0 aliphatic rings. The normalized spacial score (nSPS) is 11.4. The number of nitrogens with zero attached hydrogens (tertiary/aromatic N) is 5. The van der Waals surface area contributed by atoms with Crippen LogP contribution in [0.1, 0.15) is 18.3 Å². The average molecular weight is 366 g/mol. The Morgan fingerprint density at radius 2 is 1.89 bits per heavy atom. The molecule has 0 saturated carbocycles. The molecule has 6 nitrogen and oxygen atoms in total. The molecule has 0 aliphatic heterocycles. The number of hydrogen-bond donors (Lipinski definition) is 1. The molecule has 7 heteroatoms. The number of aliphatic imine (C=N–C) groups is 1. The van der Waals surface area contributed by atoms with Gasteiger partial charge in [-0.1, -0.05) is 30.3 Å². The van der Waals surface area contributed by atoms with Gasteiger partial charge in [0.1, 0.15) is 18.7 Å². The van der Waals surface area contributed by atoms with Crippen molar-refractivity contribution in [3.05, 3.63) is 78.1 Å². The first kappa shape index (κ1) is 18.6. The molecule has 3 aromatic rings. The van der Waals surface area contributed by atoms with Gasteiger partial charge in [0.25, 0.3) is 0 Å². The predicted octanol–water partition coefficient (Wildman–Crippen LogP) is 3.00. The largest absolute Gasteiger partial charge is 0.357 e. The van der Waals surface area contributed by atoms with E-state index in [-0.39, 0.29) is 5.82 Å². The van der Waals surface area contributed by atoms with Gasteiger partial charge in [-0.15, -0.1) is 10.2 Å². The second-order valence-corrected chi connectivity index (χ2v) is 6.11. The van der Waals surface area contributed by atoms with Crippen LogP contribution >= 0.6 is 0 Å². The van der Waals surface area contributed by atoms with Gasteiger partial charge >= 0.3 is 0 Å². The Kier molecular flexibility index (Phi) is 6.14. The van der Waals surface area contributed by atoms with E-state index in [0.717, 1.165) is 29.6 Å². The average Bonchev–Trinajstić information content (AvgIpc) is 3.16. The van der Waals surface area contributed by atoms with Crippen molar-refractivity contribution in [2.45, 2.75) is 20.0 Å². The van der Waals surface area contributed by atoms with Gasteiger partial charge in [-0.05, 0) is 36.8 Å². The lowest BCUT2D eigenvalue weighted by Crippen LogP contribution is -2.38. The third-order valence-corrected chi connectivity index (χ3v) is 4.05. The van der Waals surface area contributed by atoms with Crippen molar-refractivity contribution in [2.24, 2.45) is 4.99 Å². The number of para-hydroxylation sites is 1. The molecular formula is C20H23FN6. The molecule has 3 rings (SSSR count). The van der Waals surface area contributed by atoms with E-state index in [4.69, 9.17) is 0 Å². The predicted molar refractivity (Wildman–Crippen MR) is 104 cm³/mol. The third kappa shape index (κ3) is 4.91. The Balaban J connectivity index is 1.74. The zero-order valence-corrected chi connectivity index (χ0v) is 15.5. The molecular weight excluding hydrogens is 343 g/mol. The highest BCUT2D eigenvalue weighted by Crippen LogP contribution is 2.10. The minimum absolute atomic E-state index is 0.234. The Morgan fingerprint density at radius 3 is 2.59 bits per heavy atom. The van der Waals surface area contributed by atoms with Crippen LogP contribution in [0.3, 0.4) is 0 Å². The summed E-state index contributed by atoms with van der Waals surface area (Å²) in [5.41, 5.74) is 2.01. The van der Waals surface area contributed by atoms with Gasteiger partial charge < -0.3 is 10.2 Å². The van der Waals surface area contributed by atoms with Crippen LogP contribution in [0.5, 0.6) is 0 Å². The summed E-state index contributed by atoms with van der Waals surface area (Å²) in [5.74, 6) is 1.28. The van der Waals surface area contributed by atoms with Crippen LogP contribution in [0.2, 0.25) is 0 Å². The van der Waals surface area contributed by atoms with Crippen molar-refractivity contribution in [3.63, 3.8) is 0 Å². The van der Waals surface area contributed by atoms with E-state index in [0.29, 0.717) is 13.1 Å². The Hall–Kier alpha value is -3.22. The minimum Gasteiger partial charge on any atom is -0.357 e. The lowest BCUT2D eigenvalue weighted by atomic mass is 10.2. The molecule has 27 heavy (non-hydrogen) atoms. The topological polar surface area (TPSA) is 58.3 Å². The van der Waals surface area contributed by atoms with Crippen LogP contribution in [0.25, 0.3) is 5.69 Å². The van der Waals surface area contributed by atoms with Gasteiger partial charge in [0.05, 0.1) is 0 Å². The highest BCUT2D eigenvalue weighted by Gasteiger charge is 2.09. The lowest BCUT2D eigenvalue weighted by Gasteiger charge is -2.22. The van der Waals surface area contributed by atoms with Crippen molar-refractivity contribution in [1.82, 2.24) is 25.0 Å². The van der Waals surface area contributed by atoms with Gasteiger partial charge in [0.2, 0.25) is 0 Å². The van der Waals surface area contributed by atoms with E-state index >= 15 is 0 Å². The van der Waals surface area contributed by atoms with Crippen molar-refractivity contribution < 1.29 is 4.39 Å². The maximum absolute atomic E-state index is 13.1. The number of halogens is 1. The molecule has 0 bridgehead atoms. The summed E-state index contributed by atoms with van der Waals surface area (Å²) < 4.78 is 15.0. The molecule has 0 aliphatic carbocycles. The molecule has 0 fully saturated rings. The second-order valence-electron chi connectivity index (χ2n) is 6.11. The first-order valence-electron chi connectivity index (χ1n) is 8.85. The quantitative estimate of drug-likeness (QED) is 0.538. The van der Waals surface area contributed by atoms with Crippen LogP contribution in [0.15, 0.2) is 65.9 Å². The molecule has 2 aromatic carbocycles. The summed E-state index contributed by atoms with van der Waals surface area (Å²) in [6, 6.07) is 16.4. The van der Waals surface area contributed by atoms with Crippen molar-refractivity contribution >= 4 is 5.96 Å². The van der Waals surface area contributed by atoms with Gasteiger partial charge in [0, 0.05) is 25.8 Å². The number of rotatable bonds is 6. The van der Waals surface area contributed by atoms with Gasteiger partial charge in [-0.2, -0.15) is 0 Å². The highest BCUT2D eigenvalue weighted by atomic mass is 19.1. The SMILES string of the molecule is CCNC(=NCc1nncn1-c1ccccc1)N(C)Cc1ccc(F)cc1. The fraction of sp³-hybridized carbons (Fsp3) is 0.250. The van der Waals surface area contributed by atoms with Gasteiger partial charge in [0.15, 0.2) is 11.8 Å². The summed E-state index contributed by atoms with van der Waals surface area (Å²) in [4.78, 5) is 6.69. The van der Waals surface area contributed by atoms with E-state index in [1.54, 1.807) is 18.5 Å². The first-order valence-corrected chi connectivity index (χ1v) is 8.85. The first-order chi connectivity index (χ1) is 13.2. The Bertz CT molecular complexity index is 873. The van der Waals surface area contributed by atoms with E-state index < -0.39 is 0 Å². The van der Waals surface area contributed by atoms with Crippen LogP contribution < -0.4 is 5.32 Å². The number of hydrogen-bond acceptors (Lipinski definition) is 3. The summed E-state index contributed by atoms with van der Waals surface area (Å²) >= 11 is 0. The van der Waals surface area contributed by atoms with E-state index in [9.17, 15) is 4.39 Å². The maximum Gasteiger partial charge on any atom is 0.194 e. The monoisotopic (exact) mass is 366 g/mol. The standard InChI is InChI=1S/C20H23FN6/c1-3-22-20(26(2)14-16-9-11-17(21)12-10-16)23-13-19-25-24-15-27(19)18-7-5-4-6-8-18/h4-12,15H,3,13-14H2,1-2H3,(H,22,23). The van der Waals surface area contributed by atoms with Crippen LogP contribution in [0, 0.1) is 5.82 Å². The molecule has 0 radical (unpaired) electrons. The maximum atomic E-state index is 13.1. The summed E-state index contributed by atoms with van der Waals surface area (Å²) in [6.45, 7) is 3.79. The second kappa shape index (κ2) is 8.93. The molecule has 1 aromatic heterocycles.